The Morgan fingerprint density at radius 1 is 1.55 bits per heavy atom. The predicted octanol–water partition coefficient (Wildman–Crippen LogP) is 3.46. The third kappa shape index (κ3) is 2.69. The van der Waals surface area contributed by atoms with Gasteiger partial charge in [-0.25, -0.2) is 9.97 Å². The Morgan fingerprint density at radius 3 is 3.05 bits per heavy atom. The van der Waals surface area contributed by atoms with E-state index in [4.69, 9.17) is 11.6 Å². The number of halogens is 2. The molecule has 0 fully saturated rings. The van der Waals surface area contributed by atoms with Gasteiger partial charge >= 0.3 is 0 Å². The zero-order valence-corrected chi connectivity index (χ0v) is 13.2. The van der Waals surface area contributed by atoms with Gasteiger partial charge in [-0.1, -0.05) is 18.5 Å². The monoisotopic (exact) mass is 338 g/mol. The fourth-order valence-corrected chi connectivity index (χ4v) is 3.04. The molecule has 22 heavy (non-hydrogen) atoms. The summed E-state index contributed by atoms with van der Waals surface area (Å²) in [4.78, 5) is 20.5. The fourth-order valence-electron chi connectivity index (χ4n) is 2.11. The van der Waals surface area contributed by atoms with Crippen LogP contribution in [-0.2, 0) is 0 Å². The molecule has 0 aliphatic heterocycles. The van der Waals surface area contributed by atoms with Gasteiger partial charge in [-0.05, 0) is 18.6 Å². The lowest BCUT2D eigenvalue weighted by molar-refractivity contribution is 0.0926. The largest absolute Gasteiger partial charge is 0.341 e. The quantitative estimate of drug-likeness (QED) is 0.792. The Labute approximate surface area is 134 Å². The SMILES string of the molecule is CC[C@@H](NC(=O)c1nc2ccc(Cl)cn2c1F)c1nccs1. The summed E-state index contributed by atoms with van der Waals surface area (Å²) in [7, 11) is 0. The lowest BCUT2D eigenvalue weighted by Crippen LogP contribution is -2.29. The number of imidazole rings is 1. The van der Waals surface area contributed by atoms with Gasteiger partial charge in [-0.3, -0.25) is 9.20 Å². The van der Waals surface area contributed by atoms with Gasteiger partial charge in [0.25, 0.3) is 5.91 Å². The van der Waals surface area contributed by atoms with Crippen molar-refractivity contribution in [2.45, 2.75) is 19.4 Å². The van der Waals surface area contributed by atoms with E-state index in [-0.39, 0.29) is 11.7 Å². The number of amides is 1. The van der Waals surface area contributed by atoms with Gasteiger partial charge in [0.05, 0.1) is 11.1 Å². The number of thiazole rings is 1. The van der Waals surface area contributed by atoms with Crippen LogP contribution in [-0.4, -0.2) is 20.3 Å². The number of pyridine rings is 1. The number of rotatable bonds is 4. The number of carbonyl (C=O) groups is 1. The van der Waals surface area contributed by atoms with Gasteiger partial charge in [0, 0.05) is 17.8 Å². The maximum absolute atomic E-state index is 14.3. The first-order valence-electron chi connectivity index (χ1n) is 6.63. The number of carbonyl (C=O) groups excluding carboxylic acids is 1. The van der Waals surface area contributed by atoms with Crippen LogP contribution >= 0.6 is 22.9 Å². The highest BCUT2D eigenvalue weighted by Gasteiger charge is 2.23. The summed E-state index contributed by atoms with van der Waals surface area (Å²) in [6.45, 7) is 1.92. The molecule has 0 radical (unpaired) electrons. The molecule has 0 aromatic carbocycles. The maximum atomic E-state index is 14.3. The molecule has 0 unspecified atom stereocenters. The molecule has 0 aliphatic rings. The maximum Gasteiger partial charge on any atom is 0.275 e. The van der Waals surface area contributed by atoms with Crippen molar-refractivity contribution in [3.63, 3.8) is 0 Å². The zero-order chi connectivity index (χ0) is 15.7. The summed E-state index contributed by atoms with van der Waals surface area (Å²) >= 11 is 7.27. The summed E-state index contributed by atoms with van der Waals surface area (Å²) in [5, 5.41) is 5.74. The van der Waals surface area contributed by atoms with Crippen molar-refractivity contribution in [2.75, 3.05) is 0 Å². The molecule has 0 spiro atoms. The lowest BCUT2D eigenvalue weighted by Gasteiger charge is -2.13. The molecular formula is C14H12ClFN4OS. The minimum atomic E-state index is -0.732. The van der Waals surface area contributed by atoms with Gasteiger partial charge in [-0.2, -0.15) is 4.39 Å². The third-order valence-electron chi connectivity index (χ3n) is 3.20. The number of fused-ring (bicyclic) bond motifs is 1. The van der Waals surface area contributed by atoms with E-state index >= 15 is 0 Å². The van der Waals surface area contributed by atoms with Crippen LogP contribution in [0.1, 0.15) is 34.9 Å². The summed E-state index contributed by atoms with van der Waals surface area (Å²) in [5.74, 6) is -1.30. The summed E-state index contributed by atoms with van der Waals surface area (Å²) < 4.78 is 15.5. The van der Waals surface area contributed by atoms with E-state index in [0.29, 0.717) is 17.1 Å². The van der Waals surface area contributed by atoms with Crippen molar-refractivity contribution in [1.82, 2.24) is 19.7 Å². The minimum absolute atomic E-state index is 0.253. The smallest absolute Gasteiger partial charge is 0.275 e. The first-order valence-corrected chi connectivity index (χ1v) is 7.89. The molecular weight excluding hydrogens is 327 g/mol. The molecule has 1 amide bonds. The standard InChI is InChI=1S/C14H12ClFN4OS/c1-2-9(14-17-5-6-22-14)18-13(21)11-12(16)20-7-8(15)3-4-10(20)19-11/h3-7,9H,2H2,1H3,(H,18,21)/t9-/m1/s1. The molecule has 1 atom stereocenters. The second kappa shape index (κ2) is 6.02. The van der Waals surface area contributed by atoms with Crippen LogP contribution in [0, 0.1) is 5.95 Å². The Hall–Kier alpha value is -1.99. The zero-order valence-electron chi connectivity index (χ0n) is 11.6. The lowest BCUT2D eigenvalue weighted by atomic mass is 10.2. The number of nitrogens with zero attached hydrogens (tertiary/aromatic N) is 3. The van der Waals surface area contributed by atoms with Crippen LogP contribution in [0.25, 0.3) is 5.65 Å². The normalized spacial score (nSPS) is 12.5. The minimum Gasteiger partial charge on any atom is -0.341 e. The average Bonchev–Trinajstić information content (AvgIpc) is 3.14. The molecule has 5 nitrogen and oxygen atoms in total. The Balaban J connectivity index is 1.90. The van der Waals surface area contributed by atoms with Gasteiger partial charge in [-0.15, -0.1) is 11.3 Å². The van der Waals surface area contributed by atoms with Crippen LogP contribution in [0.5, 0.6) is 0 Å². The van der Waals surface area contributed by atoms with E-state index in [1.165, 1.54) is 17.5 Å². The van der Waals surface area contributed by atoms with Gasteiger partial charge in [0.1, 0.15) is 10.7 Å². The summed E-state index contributed by atoms with van der Waals surface area (Å²) in [6, 6.07) is 2.88. The molecule has 1 N–H and O–H groups in total. The molecule has 8 heteroatoms. The average molecular weight is 339 g/mol. The third-order valence-corrected chi connectivity index (χ3v) is 4.32. The Kier molecular flexibility index (Phi) is 4.08. The fraction of sp³-hybridized carbons (Fsp3) is 0.214. The second-order valence-electron chi connectivity index (χ2n) is 4.63. The molecule has 3 heterocycles. The van der Waals surface area contributed by atoms with Crippen molar-refractivity contribution in [2.24, 2.45) is 0 Å². The van der Waals surface area contributed by atoms with E-state index in [1.54, 1.807) is 18.3 Å². The molecule has 3 rings (SSSR count). The molecule has 0 bridgehead atoms. The van der Waals surface area contributed by atoms with Gasteiger partial charge in [0.2, 0.25) is 5.95 Å². The molecule has 0 saturated carbocycles. The van der Waals surface area contributed by atoms with Crippen molar-refractivity contribution in [3.8, 4) is 0 Å². The van der Waals surface area contributed by atoms with Crippen LogP contribution in [0.3, 0.4) is 0 Å². The van der Waals surface area contributed by atoms with Crippen LogP contribution in [0.15, 0.2) is 29.9 Å². The first-order chi connectivity index (χ1) is 10.6. The van der Waals surface area contributed by atoms with Crippen molar-refractivity contribution in [1.29, 1.82) is 0 Å². The van der Waals surface area contributed by atoms with E-state index < -0.39 is 11.9 Å². The summed E-state index contributed by atoms with van der Waals surface area (Å²) in [5.41, 5.74) is 0.0756. The highest BCUT2D eigenvalue weighted by molar-refractivity contribution is 7.09. The highest BCUT2D eigenvalue weighted by Crippen LogP contribution is 2.20. The van der Waals surface area contributed by atoms with Gasteiger partial charge < -0.3 is 5.32 Å². The van der Waals surface area contributed by atoms with Crippen molar-refractivity contribution < 1.29 is 9.18 Å². The number of hydrogen-bond acceptors (Lipinski definition) is 4. The number of aromatic nitrogens is 3. The van der Waals surface area contributed by atoms with E-state index in [1.807, 2.05) is 12.3 Å². The predicted molar refractivity (Wildman–Crippen MR) is 82.8 cm³/mol. The van der Waals surface area contributed by atoms with Crippen LogP contribution in [0.2, 0.25) is 5.02 Å². The second-order valence-corrected chi connectivity index (χ2v) is 5.99. The van der Waals surface area contributed by atoms with E-state index in [0.717, 1.165) is 9.41 Å². The molecule has 0 saturated heterocycles. The molecule has 0 aliphatic carbocycles. The molecule has 3 aromatic heterocycles. The first kappa shape index (κ1) is 14.9. The van der Waals surface area contributed by atoms with E-state index in [9.17, 15) is 9.18 Å². The number of hydrogen-bond donors (Lipinski definition) is 1. The molecule has 114 valence electrons. The number of nitrogens with one attached hydrogen (secondary N) is 1. The van der Waals surface area contributed by atoms with Gasteiger partial charge in [0.15, 0.2) is 5.69 Å². The Morgan fingerprint density at radius 2 is 2.36 bits per heavy atom. The summed E-state index contributed by atoms with van der Waals surface area (Å²) in [6.07, 6.45) is 3.70. The topological polar surface area (TPSA) is 59.3 Å². The Bertz CT molecular complexity index is 818. The highest BCUT2D eigenvalue weighted by atomic mass is 35.5. The molecule has 3 aromatic rings. The van der Waals surface area contributed by atoms with Crippen LogP contribution < -0.4 is 5.32 Å². The van der Waals surface area contributed by atoms with Crippen LogP contribution in [0.4, 0.5) is 4.39 Å². The van der Waals surface area contributed by atoms with Crippen molar-refractivity contribution >= 4 is 34.5 Å². The van der Waals surface area contributed by atoms with E-state index in [2.05, 4.69) is 15.3 Å². The van der Waals surface area contributed by atoms with Crippen molar-refractivity contribution in [3.05, 3.63) is 51.6 Å².